The Hall–Kier alpha value is -2.88. The van der Waals surface area contributed by atoms with Crippen LogP contribution >= 0.6 is 11.6 Å². The molecule has 0 bridgehead atoms. The Bertz CT molecular complexity index is 1040. The van der Waals surface area contributed by atoms with Gasteiger partial charge in [0.05, 0.1) is 6.61 Å². The summed E-state index contributed by atoms with van der Waals surface area (Å²) in [5.41, 5.74) is 4.28. The van der Waals surface area contributed by atoms with Crippen LogP contribution in [-0.4, -0.2) is 44.6 Å². The van der Waals surface area contributed by atoms with E-state index in [0.717, 1.165) is 54.4 Å². The number of anilines is 2. The van der Waals surface area contributed by atoms with Gasteiger partial charge in [-0.1, -0.05) is 23.6 Å². The summed E-state index contributed by atoms with van der Waals surface area (Å²) in [7, 11) is 0. The van der Waals surface area contributed by atoms with Gasteiger partial charge in [-0.25, -0.2) is 4.79 Å². The number of carbonyl (C=O) groups is 1. The molecule has 1 aliphatic heterocycles. The first-order chi connectivity index (χ1) is 16.8. The van der Waals surface area contributed by atoms with Gasteiger partial charge in [-0.05, 0) is 87.9 Å². The number of terminal acetylenes is 1. The van der Waals surface area contributed by atoms with Crippen molar-refractivity contribution in [3.63, 3.8) is 0 Å². The van der Waals surface area contributed by atoms with Crippen molar-refractivity contribution in [3.8, 4) is 18.1 Å². The number of halogens is 1. The van der Waals surface area contributed by atoms with Crippen LogP contribution in [0, 0.1) is 12.3 Å². The molecule has 0 radical (unpaired) electrons. The van der Waals surface area contributed by atoms with Crippen LogP contribution in [0.2, 0.25) is 5.02 Å². The van der Waals surface area contributed by atoms with E-state index in [2.05, 4.69) is 34.3 Å². The number of alkyl carbamates (subject to hydrolysis) is 1. The SMILES string of the molecule is C#CCOCCOc1ccc2c(c1)CCc1ccc(Cl)cc1N2CCCCNC(=O)OC(C)(C)C. The summed E-state index contributed by atoms with van der Waals surface area (Å²) in [6.45, 7) is 8.12. The number of ether oxygens (including phenoxy) is 3. The molecule has 0 aliphatic carbocycles. The minimum atomic E-state index is -0.500. The summed E-state index contributed by atoms with van der Waals surface area (Å²) in [6, 6.07) is 12.3. The lowest BCUT2D eigenvalue weighted by molar-refractivity contribution is 0.0527. The van der Waals surface area contributed by atoms with Gasteiger partial charge >= 0.3 is 6.09 Å². The van der Waals surface area contributed by atoms with Crippen LogP contribution in [0.25, 0.3) is 0 Å². The highest BCUT2D eigenvalue weighted by Gasteiger charge is 2.22. The van der Waals surface area contributed by atoms with Gasteiger partial charge in [0.25, 0.3) is 0 Å². The molecule has 0 atom stereocenters. The Kier molecular flexibility index (Phi) is 9.71. The monoisotopic (exact) mass is 498 g/mol. The van der Waals surface area contributed by atoms with Gasteiger partial charge in [0.15, 0.2) is 0 Å². The minimum Gasteiger partial charge on any atom is -0.491 e. The maximum absolute atomic E-state index is 11.9. The lowest BCUT2D eigenvalue weighted by atomic mass is 10.0. The first-order valence-electron chi connectivity index (χ1n) is 12.1. The second kappa shape index (κ2) is 12.7. The zero-order valence-electron chi connectivity index (χ0n) is 20.9. The maximum Gasteiger partial charge on any atom is 0.407 e. The smallest absolute Gasteiger partial charge is 0.407 e. The van der Waals surface area contributed by atoms with Gasteiger partial charge < -0.3 is 24.4 Å². The van der Waals surface area contributed by atoms with Crippen molar-refractivity contribution in [2.45, 2.75) is 52.1 Å². The number of fused-ring (bicyclic) bond motifs is 2. The highest BCUT2D eigenvalue weighted by Crippen LogP contribution is 2.39. The molecule has 7 heteroatoms. The van der Waals surface area contributed by atoms with Gasteiger partial charge in [0.1, 0.15) is 24.6 Å². The molecule has 6 nitrogen and oxygen atoms in total. The zero-order chi connectivity index (χ0) is 25.3. The third kappa shape index (κ3) is 8.38. The highest BCUT2D eigenvalue weighted by molar-refractivity contribution is 6.30. The van der Waals surface area contributed by atoms with Gasteiger partial charge in [-0.15, -0.1) is 6.42 Å². The molecule has 3 rings (SSSR count). The summed E-state index contributed by atoms with van der Waals surface area (Å²) in [6.07, 6.45) is 8.38. The first kappa shape index (κ1) is 26.7. The molecule has 1 heterocycles. The van der Waals surface area contributed by atoms with Crippen LogP contribution in [0.4, 0.5) is 16.2 Å². The number of rotatable bonds is 10. The number of carbonyl (C=O) groups excluding carboxylic acids is 1. The van der Waals surface area contributed by atoms with Crippen LogP contribution < -0.4 is 15.0 Å². The first-order valence-corrected chi connectivity index (χ1v) is 12.4. The molecule has 0 aromatic heterocycles. The molecule has 0 saturated heterocycles. The fourth-order valence-corrected chi connectivity index (χ4v) is 4.17. The molecular formula is C28H35ClN2O4. The lowest BCUT2D eigenvalue weighted by Crippen LogP contribution is -2.33. The highest BCUT2D eigenvalue weighted by atomic mass is 35.5. The lowest BCUT2D eigenvalue weighted by Gasteiger charge is -2.27. The summed E-state index contributed by atoms with van der Waals surface area (Å²) < 4.78 is 16.5. The zero-order valence-corrected chi connectivity index (χ0v) is 21.6. The standard InChI is InChI=1S/C28H35ClN2O4/c1-5-16-33-17-18-34-24-12-13-25-22(19-24)9-8-21-10-11-23(29)20-26(21)31(25)15-7-6-14-30-27(32)35-28(2,3)4/h1,10-13,19-20H,6-9,14-18H2,2-4H3,(H,30,32). The maximum atomic E-state index is 11.9. The Morgan fingerprint density at radius 3 is 2.66 bits per heavy atom. The van der Waals surface area contributed by atoms with Gasteiger partial charge in [-0.3, -0.25) is 0 Å². The van der Waals surface area contributed by atoms with Crippen molar-refractivity contribution in [1.82, 2.24) is 5.32 Å². The molecule has 0 unspecified atom stereocenters. The molecule has 0 fully saturated rings. The summed E-state index contributed by atoms with van der Waals surface area (Å²) >= 11 is 6.38. The molecule has 1 N–H and O–H groups in total. The Morgan fingerprint density at radius 2 is 1.89 bits per heavy atom. The molecule has 2 aromatic carbocycles. The van der Waals surface area contributed by atoms with E-state index in [1.807, 2.05) is 39.0 Å². The largest absolute Gasteiger partial charge is 0.491 e. The Balaban J connectivity index is 1.67. The van der Waals surface area contributed by atoms with Crippen LogP contribution in [-0.2, 0) is 22.3 Å². The second-order valence-corrected chi connectivity index (χ2v) is 9.89. The quantitative estimate of drug-likeness (QED) is 0.326. The number of unbranched alkanes of at least 4 members (excludes halogenated alkanes) is 1. The number of nitrogens with one attached hydrogen (secondary N) is 1. The van der Waals surface area contributed by atoms with E-state index < -0.39 is 5.60 Å². The fourth-order valence-electron chi connectivity index (χ4n) is 4.00. The molecule has 2 aromatic rings. The number of benzene rings is 2. The van der Waals surface area contributed by atoms with Gasteiger partial charge in [0.2, 0.25) is 0 Å². The Labute approximate surface area is 213 Å². The van der Waals surface area contributed by atoms with E-state index in [0.29, 0.717) is 19.8 Å². The van der Waals surface area contributed by atoms with Gasteiger partial charge in [0, 0.05) is 29.5 Å². The van der Waals surface area contributed by atoms with Crippen molar-refractivity contribution >= 4 is 29.1 Å². The van der Waals surface area contributed by atoms with Crippen molar-refractivity contribution in [1.29, 1.82) is 0 Å². The summed E-state index contributed by atoms with van der Waals surface area (Å²) in [4.78, 5) is 14.2. The van der Waals surface area contributed by atoms with E-state index in [1.54, 1.807) is 0 Å². The van der Waals surface area contributed by atoms with Gasteiger partial charge in [-0.2, -0.15) is 0 Å². The average Bonchev–Trinajstić information content (AvgIpc) is 2.94. The molecule has 0 saturated carbocycles. The topological polar surface area (TPSA) is 60.0 Å². The van der Waals surface area contributed by atoms with E-state index >= 15 is 0 Å². The molecule has 35 heavy (non-hydrogen) atoms. The third-order valence-electron chi connectivity index (χ3n) is 5.50. The summed E-state index contributed by atoms with van der Waals surface area (Å²) in [5.74, 6) is 3.27. The number of hydrogen-bond acceptors (Lipinski definition) is 5. The van der Waals surface area contributed by atoms with Crippen LogP contribution in [0.15, 0.2) is 36.4 Å². The van der Waals surface area contributed by atoms with Crippen molar-refractivity contribution in [2.24, 2.45) is 0 Å². The van der Waals surface area contributed by atoms with Crippen LogP contribution in [0.3, 0.4) is 0 Å². The predicted octanol–water partition coefficient (Wildman–Crippen LogP) is 5.91. The Morgan fingerprint density at radius 1 is 1.09 bits per heavy atom. The van der Waals surface area contributed by atoms with E-state index in [1.165, 1.54) is 11.1 Å². The fraction of sp³-hybridized carbons (Fsp3) is 0.464. The molecular weight excluding hydrogens is 464 g/mol. The van der Waals surface area contributed by atoms with Crippen molar-refractivity contribution in [2.75, 3.05) is 37.8 Å². The number of amides is 1. The van der Waals surface area contributed by atoms with E-state index in [9.17, 15) is 4.79 Å². The number of nitrogens with zero attached hydrogens (tertiary/aromatic N) is 1. The van der Waals surface area contributed by atoms with Crippen LogP contribution in [0.5, 0.6) is 5.75 Å². The number of aryl methyl sites for hydroxylation is 2. The average molecular weight is 499 g/mol. The van der Waals surface area contributed by atoms with E-state index in [-0.39, 0.29) is 12.7 Å². The molecule has 1 aliphatic rings. The normalized spacial score (nSPS) is 12.7. The second-order valence-electron chi connectivity index (χ2n) is 9.46. The molecule has 1 amide bonds. The van der Waals surface area contributed by atoms with Crippen LogP contribution in [0.1, 0.15) is 44.7 Å². The minimum absolute atomic E-state index is 0.288. The van der Waals surface area contributed by atoms with Crippen molar-refractivity contribution < 1.29 is 19.0 Å². The third-order valence-corrected chi connectivity index (χ3v) is 5.74. The van der Waals surface area contributed by atoms with E-state index in [4.69, 9.17) is 32.2 Å². The predicted molar refractivity (Wildman–Crippen MR) is 141 cm³/mol. The van der Waals surface area contributed by atoms with Crippen molar-refractivity contribution in [3.05, 3.63) is 52.5 Å². The number of hydrogen-bond donors (Lipinski definition) is 1. The molecule has 188 valence electrons. The summed E-state index contributed by atoms with van der Waals surface area (Å²) in [5, 5.41) is 3.56. The molecule has 0 spiro atoms.